The van der Waals surface area contributed by atoms with Crippen molar-refractivity contribution in [3.05, 3.63) is 35.8 Å². The molecule has 0 bridgehead atoms. The van der Waals surface area contributed by atoms with Crippen LogP contribution in [-0.4, -0.2) is 54.6 Å². The highest BCUT2D eigenvalue weighted by atomic mass is 19.1. The van der Waals surface area contributed by atoms with Gasteiger partial charge in [0.25, 0.3) is 5.91 Å². The molecule has 2 fully saturated rings. The molecule has 1 N–H and O–H groups in total. The number of nitrogens with zero attached hydrogens (tertiary/aromatic N) is 1. The molecule has 0 radical (unpaired) electrons. The van der Waals surface area contributed by atoms with Crippen molar-refractivity contribution in [2.45, 2.75) is 31.8 Å². The lowest BCUT2D eigenvalue weighted by Gasteiger charge is -2.27. The number of nitrogens with one attached hydrogen (secondary N) is 1. The van der Waals surface area contributed by atoms with Crippen LogP contribution < -0.4 is 0 Å². The smallest absolute Gasteiger partial charge is 0.252 e. The zero-order valence-corrected chi connectivity index (χ0v) is 13.9. The first-order valence-electron chi connectivity index (χ1n) is 8.60. The molecule has 0 saturated carbocycles. The number of carbonyl (C=O) groups is 1. The quantitative estimate of drug-likeness (QED) is 0.900. The van der Waals surface area contributed by atoms with Crippen molar-refractivity contribution in [1.29, 1.82) is 0 Å². The van der Waals surface area contributed by atoms with E-state index in [0.717, 1.165) is 29.3 Å². The van der Waals surface area contributed by atoms with Crippen molar-refractivity contribution in [3.63, 3.8) is 0 Å². The number of carbonyl (C=O) groups excluding carboxylic acids is 1. The molecular weight excluding hydrogens is 327 g/mol. The number of halogens is 1. The Balaban J connectivity index is 1.57. The van der Waals surface area contributed by atoms with Crippen molar-refractivity contribution >= 4 is 16.8 Å². The van der Waals surface area contributed by atoms with E-state index in [4.69, 9.17) is 14.2 Å². The van der Waals surface area contributed by atoms with Crippen molar-refractivity contribution in [2.75, 3.05) is 26.4 Å². The van der Waals surface area contributed by atoms with Crippen molar-refractivity contribution in [1.82, 2.24) is 9.88 Å². The van der Waals surface area contributed by atoms with Crippen LogP contribution in [0.1, 0.15) is 18.4 Å². The van der Waals surface area contributed by atoms with E-state index in [1.165, 1.54) is 12.1 Å². The summed E-state index contributed by atoms with van der Waals surface area (Å²) in [5, 5.41) is 0.776. The largest absolute Gasteiger partial charge is 0.368 e. The fourth-order valence-electron chi connectivity index (χ4n) is 3.39. The molecule has 2 saturated heterocycles. The Kier molecular flexibility index (Phi) is 4.70. The Morgan fingerprint density at radius 2 is 2.08 bits per heavy atom. The Hall–Kier alpha value is -1.96. The summed E-state index contributed by atoms with van der Waals surface area (Å²) in [5.41, 5.74) is 1.70. The average molecular weight is 348 g/mol. The maximum absolute atomic E-state index is 13.6. The molecule has 134 valence electrons. The van der Waals surface area contributed by atoms with Crippen LogP contribution in [0, 0.1) is 5.82 Å². The van der Waals surface area contributed by atoms with E-state index in [9.17, 15) is 9.18 Å². The van der Waals surface area contributed by atoms with Crippen molar-refractivity contribution < 1.29 is 23.4 Å². The van der Waals surface area contributed by atoms with Gasteiger partial charge in [-0.3, -0.25) is 4.79 Å². The number of hydrogen-bond acceptors (Lipinski definition) is 4. The van der Waals surface area contributed by atoms with Gasteiger partial charge >= 0.3 is 0 Å². The number of fused-ring (bicyclic) bond motifs is 1. The van der Waals surface area contributed by atoms with Gasteiger partial charge in [-0.2, -0.15) is 0 Å². The third-order valence-electron chi connectivity index (χ3n) is 4.67. The molecule has 2 aromatic rings. The van der Waals surface area contributed by atoms with Gasteiger partial charge in [-0.1, -0.05) is 0 Å². The number of H-pyrrole nitrogens is 1. The minimum atomic E-state index is -0.424. The summed E-state index contributed by atoms with van der Waals surface area (Å²) in [7, 11) is 0. The molecule has 2 aliphatic rings. The third-order valence-corrected chi connectivity index (χ3v) is 4.67. The minimum Gasteiger partial charge on any atom is -0.368 e. The fourth-order valence-corrected chi connectivity index (χ4v) is 3.39. The standard InChI is InChI=1S/C18H21FN2O4/c19-13-3-4-15-14(8-13)12(9-20-15)10-21(11-17-24-6-7-25-17)18(22)16-2-1-5-23-16/h3-4,8-9,16-17,20H,1-2,5-7,10-11H2/t16-/m1/s1. The molecule has 1 aromatic heterocycles. The van der Waals surface area contributed by atoms with Gasteiger partial charge in [-0.25, -0.2) is 4.39 Å². The minimum absolute atomic E-state index is 0.0673. The van der Waals surface area contributed by atoms with Crippen LogP contribution in [0.2, 0.25) is 0 Å². The summed E-state index contributed by atoms with van der Waals surface area (Å²) in [6.45, 7) is 2.36. The second kappa shape index (κ2) is 7.11. The zero-order valence-electron chi connectivity index (χ0n) is 13.9. The molecule has 7 heteroatoms. The number of rotatable bonds is 5. The molecule has 4 rings (SSSR count). The van der Waals surface area contributed by atoms with E-state index in [1.807, 2.05) is 6.20 Å². The Labute approximate surface area is 144 Å². The number of aromatic nitrogens is 1. The summed E-state index contributed by atoms with van der Waals surface area (Å²) >= 11 is 0. The highest BCUT2D eigenvalue weighted by Gasteiger charge is 2.31. The topological polar surface area (TPSA) is 63.8 Å². The summed E-state index contributed by atoms with van der Waals surface area (Å²) in [5.74, 6) is -0.366. The average Bonchev–Trinajstić information content (AvgIpc) is 3.36. The maximum atomic E-state index is 13.6. The lowest BCUT2D eigenvalue weighted by molar-refractivity contribution is -0.147. The lowest BCUT2D eigenvalue weighted by atomic mass is 10.1. The molecule has 1 amide bonds. The summed E-state index contributed by atoms with van der Waals surface area (Å²) in [4.78, 5) is 17.7. The van der Waals surface area contributed by atoms with Crippen LogP contribution in [0.15, 0.2) is 24.4 Å². The van der Waals surface area contributed by atoms with E-state index in [1.54, 1.807) is 11.0 Å². The van der Waals surface area contributed by atoms with Gasteiger partial charge in [0.2, 0.25) is 0 Å². The van der Waals surface area contributed by atoms with E-state index in [-0.39, 0.29) is 11.7 Å². The molecule has 0 unspecified atom stereocenters. The lowest BCUT2D eigenvalue weighted by Crippen LogP contribution is -2.42. The third kappa shape index (κ3) is 3.53. The number of hydrogen-bond donors (Lipinski definition) is 1. The highest BCUT2D eigenvalue weighted by molar-refractivity contribution is 5.85. The molecular formula is C18H21FN2O4. The summed E-state index contributed by atoms with van der Waals surface area (Å²) < 4.78 is 30.1. The Bertz CT molecular complexity index is 751. The monoisotopic (exact) mass is 348 g/mol. The molecule has 3 heterocycles. The summed E-state index contributed by atoms with van der Waals surface area (Å²) in [6.07, 6.45) is 2.59. The normalized spacial score (nSPS) is 21.2. The Morgan fingerprint density at radius 1 is 1.24 bits per heavy atom. The molecule has 6 nitrogen and oxygen atoms in total. The number of amides is 1. The van der Waals surface area contributed by atoms with Crippen molar-refractivity contribution in [2.24, 2.45) is 0 Å². The molecule has 25 heavy (non-hydrogen) atoms. The van der Waals surface area contributed by atoms with Gasteiger partial charge in [0, 0.05) is 30.3 Å². The van der Waals surface area contributed by atoms with E-state index in [2.05, 4.69) is 4.98 Å². The number of ether oxygens (including phenoxy) is 3. The van der Waals surface area contributed by atoms with Gasteiger partial charge in [0.15, 0.2) is 6.29 Å². The van der Waals surface area contributed by atoms with Crippen LogP contribution >= 0.6 is 0 Å². The van der Waals surface area contributed by atoms with E-state index >= 15 is 0 Å². The van der Waals surface area contributed by atoms with Crippen LogP contribution in [0.3, 0.4) is 0 Å². The fraction of sp³-hybridized carbons (Fsp3) is 0.500. The first-order chi connectivity index (χ1) is 12.2. The molecule has 1 aromatic carbocycles. The van der Waals surface area contributed by atoms with Gasteiger partial charge in [0.1, 0.15) is 11.9 Å². The van der Waals surface area contributed by atoms with Crippen LogP contribution in [0.5, 0.6) is 0 Å². The number of aromatic amines is 1. The van der Waals surface area contributed by atoms with Gasteiger partial charge in [0.05, 0.1) is 19.8 Å². The molecule has 0 spiro atoms. The predicted molar refractivity (Wildman–Crippen MR) is 88.3 cm³/mol. The SMILES string of the molecule is O=C([C@H]1CCCO1)N(Cc1c[nH]c2ccc(F)cc12)CC1OCCO1. The second-order valence-electron chi connectivity index (χ2n) is 6.40. The van der Waals surface area contributed by atoms with Gasteiger partial charge in [-0.05, 0) is 36.6 Å². The van der Waals surface area contributed by atoms with Crippen LogP contribution in [0.25, 0.3) is 10.9 Å². The molecule has 1 atom stereocenters. The van der Waals surface area contributed by atoms with Crippen LogP contribution in [-0.2, 0) is 25.5 Å². The van der Waals surface area contributed by atoms with Gasteiger partial charge < -0.3 is 24.1 Å². The first kappa shape index (κ1) is 16.5. The van der Waals surface area contributed by atoms with E-state index in [0.29, 0.717) is 32.9 Å². The first-order valence-corrected chi connectivity index (χ1v) is 8.60. The number of benzene rings is 1. The van der Waals surface area contributed by atoms with Crippen molar-refractivity contribution in [3.8, 4) is 0 Å². The molecule has 2 aliphatic heterocycles. The maximum Gasteiger partial charge on any atom is 0.252 e. The second-order valence-corrected chi connectivity index (χ2v) is 6.40. The predicted octanol–water partition coefficient (Wildman–Crippen LogP) is 2.19. The molecule has 0 aliphatic carbocycles. The van der Waals surface area contributed by atoms with Crippen LogP contribution in [0.4, 0.5) is 4.39 Å². The van der Waals surface area contributed by atoms with E-state index < -0.39 is 12.4 Å². The highest BCUT2D eigenvalue weighted by Crippen LogP contribution is 2.23. The summed E-state index contributed by atoms with van der Waals surface area (Å²) in [6, 6.07) is 4.60. The zero-order chi connectivity index (χ0) is 17.2. The Morgan fingerprint density at radius 3 is 2.84 bits per heavy atom. The van der Waals surface area contributed by atoms with Gasteiger partial charge in [-0.15, -0.1) is 0 Å².